The fourth-order valence-electron chi connectivity index (χ4n) is 0. The molecule has 0 aromatic heterocycles. The number of nitrogens with two attached hydrogens (primary N) is 2. The van der Waals surface area contributed by atoms with Crippen LogP contribution in [0.4, 0.5) is 0 Å². The van der Waals surface area contributed by atoms with Crippen LogP contribution in [-0.2, 0) is 0 Å². The SMILES string of the molecule is CC(=N)N.CC(=N)N.OCCO. The molecule has 0 atom stereocenters. The average Bonchev–Trinajstić information content (AvgIpc) is 1.85. The maximum atomic E-state index is 7.62. The largest absolute Gasteiger partial charge is 0.394 e. The summed E-state index contributed by atoms with van der Waals surface area (Å²) < 4.78 is 0. The molecular formula is C6H18N4O2. The highest BCUT2D eigenvalue weighted by Gasteiger charge is 1.58. The van der Waals surface area contributed by atoms with Crippen molar-refractivity contribution in [2.75, 3.05) is 13.2 Å². The van der Waals surface area contributed by atoms with Gasteiger partial charge in [0.25, 0.3) is 0 Å². The van der Waals surface area contributed by atoms with Crippen LogP contribution < -0.4 is 11.5 Å². The maximum Gasteiger partial charge on any atom is 0.0873 e. The zero-order chi connectivity index (χ0) is 10.6. The van der Waals surface area contributed by atoms with E-state index in [4.69, 9.17) is 32.5 Å². The minimum atomic E-state index is -0.125. The summed E-state index contributed by atoms with van der Waals surface area (Å²) in [4.78, 5) is 0. The van der Waals surface area contributed by atoms with Crippen molar-refractivity contribution >= 4 is 11.7 Å². The van der Waals surface area contributed by atoms with E-state index in [0.717, 1.165) is 0 Å². The molecule has 0 aliphatic carbocycles. The molecule has 0 fully saturated rings. The molecule has 12 heavy (non-hydrogen) atoms. The summed E-state index contributed by atoms with van der Waals surface area (Å²) in [7, 11) is 0. The first-order chi connectivity index (χ1) is 5.38. The summed E-state index contributed by atoms with van der Waals surface area (Å²) >= 11 is 0. The zero-order valence-corrected chi connectivity index (χ0v) is 7.46. The molecule has 0 bridgehead atoms. The van der Waals surface area contributed by atoms with Gasteiger partial charge in [0, 0.05) is 0 Å². The van der Waals surface area contributed by atoms with Crippen molar-refractivity contribution in [3.63, 3.8) is 0 Å². The van der Waals surface area contributed by atoms with Crippen LogP contribution in [0.15, 0.2) is 0 Å². The molecule has 0 rings (SSSR count). The van der Waals surface area contributed by atoms with Crippen molar-refractivity contribution in [2.45, 2.75) is 13.8 Å². The van der Waals surface area contributed by atoms with Gasteiger partial charge in [-0.05, 0) is 13.8 Å². The van der Waals surface area contributed by atoms with Gasteiger partial charge in [-0.15, -0.1) is 0 Å². The van der Waals surface area contributed by atoms with Crippen molar-refractivity contribution in [2.24, 2.45) is 11.5 Å². The molecule has 0 aromatic carbocycles. The smallest absolute Gasteiger partial charge is 0.0873 e. The quantitative estimate of drug-likeness (QED) is 0.223. The van der Waals surface area contributed by atoms with Gasteiger partial charge in [-0.1, -0.05) is 0 Å². The number of rotatable bonds is 1. The lowest BCUT2D eigenvalue weighted by Gasteiger charge is -1.70. The van der Waals surface area contributed by atoms with Gasteiger partial charge in [-0.3, -0.25) is 10.8 Å². The Hall–Kier alpha value is -1.14. The third kappa shape index (κ3) is 27900. The zero-order valence-electron chi connectivity index (χ0n) is 7.46. The molecule has 0 aromatic rings. The first kappa shape index (κ1) is 17.1. The van der Waals surface area contributed by atoms with Crippen LogP contribution in [0.2, 0.25) is 0 Å². The van der Waals surface area contributed by atoms with Gasteiger partial charge in [0.1, 0.15) is 0 Å². The topological polar surface area (TPSA) is 140 Å². The van der Waals surface area contributed by atoms with Crippen LogP contribution in [0.1, 0.15) is 13.8 Å². The van der Waals surface area contributed by atoms with Gasteiger partial charge in [0.2, 0.25) is 0 Å². The molecule has 0 aliphatic rings. The Labute approximate surface area is 72.2 Å². The van der Waals surface area contributed by atoms with Crippen LogP contribution in [0, 0.1) is 10.8 Å². The molecule has 0 unspecified atom stereocenters. The number of amidine groups is 2. The van der Waals surface area contributed by atoms with E-state index in [0.29, 0.717) is 0 Å². The predicted molar refractivity (Wildman–Crippen MR) is 49.3 cm³/mol. The van der Waals surface area contributed by atoms with Crippen molar-refractivity contribution in [1.29, 1.82) is 10.8 Å². The van der Waals surface area contributed by atoms with Crippen molar-refractivity contribution < 1.29 is 10.2 Å². The van der Waals surface area contributed by atoms with E-state index in [9.17, 15) is 0 Å². The lowest BCUT2D eigenvalue weighted by Crippen LogP contribution is -2.00. The highest BCUT2D eigenvalue weighted by molar-refractivity contribution is 5.73. The van der Waals surface area contributed by atoms with Gasteiger partial charge in [-0.2, -0.15) is 0 Å². The Balaban J connectivity index is -0.000000101. The van der Waals surface area contributed by atoms with Crippen LogP contribution in [-0.4, -0.2) is 35.1 Å². The minimum Gasteiger partial charge on any atom is -0.394 e. The molecule has 6 nitrogen and oxygen atoms in total. The number of hydrogen-bond acceptors (Lipinski definition) is 4. The van der Waals surface area contributed by atoms with Gasteiger partial charge < -0.3 is 21.7 Å². The van der Waals surface area contributed by atoms with E-state index in [1.807, 2.05) is 0 Å². The molecule has 8 N–H and O–H groups in total. The van der Waals surface area contributed by atoms with Gasteiger partial charge >= 0.3 is 0 Å². The highest BCUT2D eigenvalue weighted by atomic mass is 16.3. The number of aliphatic hydroxyl groups is 2. The molecular weight excluding hydrogens is 160 g/mol. The maximum absolute atomic E-state index is 7.62. The molecule has 6 heteroatoms. The van der Waals surface area contributed by atoms with E-state index in [1.165, 1.54) is 13.8 Å². The van der Waals surface area contributed by atoms with Crippen molar-refractivity contribution in [3.8, 4) is 0 Å². The Kier molecular flexibility index (Phi) is 23.4. The summed E-state index contributed by atoms with van der Waals surface area (Å²) in [5, 5.41) is 27.8. The lowest BCUT2D eigenvalue weighted by molar-refractivity contribution is 0.186. The summed E-state index contributed by atoms with van der Waals surface area (Å²) in [5.41, 5.74) is 9.39. The summed E-state index contributed by atoms with van der Waals surface area (Å²) in [6.07, 6.45) is 0. The van der Waals surface area contributed by atoms with E-state index in [-0.39, 0.29) is 24.9 Å². The summed E-state index contributed by atoms with van der Waals surface area (Å²) in [6.45, 7) is 2.81. The van der Waals surface area contributed by atoms with Crippen molar-refractivity contribution in [3.05, 3.63) is 0 Å². The molecule has 0 saturated heterocycles. The fourth-order valence-corrected chi connectivity index (χ4v) is 0. The molecule has 0 saturated carbocycles. The fraction of sp³-hybridized carbons (Fsp3) is 0.667. The third-order valence-electron chi connectivity index (χ3n) is 0.1000. The number of aliphatic hydroxyl groups excluding tert-OH is 2. The molecule has 0 amide bonds. The van der Waals surface area contributed by atoms with Crippen LogP contribution in [0.25, 0.3) is 0 Å². The van der Waals surface area contributed by atoms with Gasteiger partial charge in [0.05, 0.1) is 24.9 Å². The van der Waals surface area contributed by atoms with E-state index < -0.39 is 0 Å². The Morgan fingerprint density at radius 1 is 1.00 bits per heavy atom. The first-order valence-corrected chi connectivity index (χ1v) is 3.21. The molecule has 0 heterocycles. The van der Waals surface area contributed by atoms with E-state index >= 15 is 0 Å². The Bertz CT molecular complexity index is 94.1. The molecule has 0 spiro atoms. The lowest BCUT2D eigenvalue weighted by atomic mass is 10.8. The van der Waals surface area contributed by atoms with Crippen LogP contribution in [0.5, 0.6) is 0 Å². The van der Waals surface area contributed by atoms with Crippen LogP contribution >= 0.6 is 0 Å². The minimum absolute atomic E-state index is 0.125. The Morgan fingerprint density at radius 3 is 1.08 bits per heavy atom. The monoisotopic (exact) mass is 178 g/mol. The molecule has 0 aliphatic heterocycles. The highest BCUT2D eigenvalue weighted by Crippen LogP contribution is 1.39. The predicted octanol–water partition coefficient (Wildman–Crippen LogP) is -1.14. The Morgan fingerprint density at radius 2 is 1.08 bits per heavy atom. The summed E-state index contributed by atoms with van der Waals surface area (Å²) in [5.74, 6) is 0.333. The third-order valence-corrected chi connectivity index (χ3v) is 0.1000. The van der Waals surface area contributed by atoms with Gasteiger partial charge in [-0.25, -0.2) is 0 Å². The van der Waals surface area contributed by atoms with E-state index in [2.05, 4.69) is 0 Å². The second kappa shape index (κ2) is 16.4. The number of hydrogen-bond donors (Lipinski definition) is 6. The second-order valence-corrected chi connectivity index (χ2v) is 1.81. The standard InChI is InChI=1S/2C2H6N2.C2H6O2/c2*1-2(3)4;3-1-2-4/h2*1H3,(H3,3,4);3-4H,1-2H2. The van der Waals surface area contributed by atoms with Crippen molar-refractivity contribution in [1.82, 2.24) is 0 Å². The average molecular weight is 178 g/mol. The van der Waals surface area contributed by atoms with Gasteiger partial charge in [0.15, 0.2) is 0 Å². The number of nitrogens with one attached hydrogen (secondary N) is 2. The van der Waals surface area contributed by atoms with E-state index in [1.54, 1.807) is 0 Å². The molecule has 74 valence electrons. The first-order valence-electron chi connectivity index (χ1n) is 3.21. The summed E-state index contributed by atoms with van der Waals surface area (Å²) in [6, 6.07) is 0. The molecule has 0 radical (unpaired) electrons. The normalized spacial score (nSPS) is 6.67. The second-order valence-electron chi connectivity index (χ2n) is 1.81. The van der Waals surface area contributed by atoms with Crippen LogP contribution in [0.3, 0.4) is 0 Å².